The van der Waals surface area contributed by atoms with Crippen LogP contribution in [0.4, 0.5) is 5.95 Å². The van der Waals surface area contributed by atoms with Gasteiger partial charge in [0.15, 0.2) is 6.61 Å². The maximum Gasteiger partial charge on any atom is 0.263 e. The Kier molecular flexibility index (Phi) is 7.45. The lowest BCUT2D eigenvalue weighted by molar-refractivity contribution is -0.135. The van der Waals surface area contributed by atoms with Crippen LogP contribution in [0.25, 0.3) is 10.2 Å². The molecule has 1 aliphatic heterocycles. The first-order valence-electron chi connectivity index (χ1n) is 11.5. The molecule has 3 heterocycles. The summed E-state index contributed by atoms with van der Waals surface area (Å²) in [6, 6.07) is 7.44. The molecule has 0 spiro atoms. The first kappa shape index (κ1) is 24.4. The van der Waals surface area contributed by atoms with Crippen LogP contribution >= 0.6 is 11.3 Å². The van der Waals surface area contributed by atoms with Crippen LogP contribution in [0.5, 0.6) is 5.75 Å². The molecule has 1 aromatic carbocycles. The number of ether oxygens (including phenoxy) is 1. The average molecular weight is 497 g/mol. The first-order chi connectivity index (χ1) is 16.9. The highest BCUT2D eigenvalue weighted by atomic mass is 32.1. The molecule has 3 aromatic rings. The monoisotopic (exact) mass is 496 g/mol. The Bertz CT molecular complexity index is 1280. The number of hydrogen-bond acceptors (Lipinski definition) is 9. The van der Waals surface area contributed by atoms with Gasteiger partial charge >= 0.3 is 0 Å². The van der Waals surface area contributed by atoms with Crippen molar-refractivity contribution in [3.05, 3.63) is 46.0 Å². The molecule has 0 aliphatic carbocycles. The Balaban J connectivity index is 1.78. The highest BCUT2D eigenvalue weighted by Gasteiger charge is 2.22. The van der Waals surface area contributed by atoms with Crippen molar-refractivity contribution >= 4 is 45.0 Å². The molecular formula is C24H28N6O4S. The van der Waals surface area contributed by atoms with Gasteiger partial charge in [0.05, 0.1) is 11.5 Å². The van der Waals surface area contributed by atoms with Crippen molar-refractivity contribution in [2.45, 2.75) is 27.2 Å². The second-order valence-electron chi connectivity index (χ2n) is 7.82. The molecule has 0 fully saturated rings. The van der Waals surface area contributed by atoms with E-state index in [1.807, 2.05) is 39.0 Å². The number of carbonyl (C=O) groups is 2. The lowest BCUT2D eigenvalue weighted by Crippen LogP contribution is -2.33. The predicted molar refractivity (Wildman–Crippen MR) is 135 cm³/mol. The molecule has 10 nitrogen and oxygen atoms in total. The second-order valence-corrected chi connectivity index (χ2v) is 8.85. The fraction of sp³-hybridized carbons (Fsp3) is 0.375. The summed E-state index contributed by atoms with van der Waals surface area (Å²) in [6.45, 7) is 7.75. The van der Waals surface area contributed by atoms with Crippen LogP contribution < -0.4 is 15.8 Å². The van der Waals surface area contributed by atoms with Crippen molar-refractivity contribution in [1.82, 2.24) is 20.2 Å². The maximum atomic E-state index is 12.5. The van der Waals surface area contributed by atoms with Crippen molar-refractivity contribution in [3.8, 4) is 5.75 Å². The summed E-state index contributed by atoms with van der Waals surface area (Å²) in [4.78, 5) is 41.9. The van der Waals surface area contributed by atoms with E-state index in [0.29, 0.717) is 52.7 Å². The van der Waals surface area contributed by atoms with E-state index < -0.39 is 0 Å². The van der Waals surface area contributed by atoms with Gasteiger partial charge in [0.2, 0.25) is 5.95 Å². The van der Waals surface area contributed by atoms with Crippen LogP contribution in [0.15, 0.2) is 29.4 Å². The largest absolute Gasteiger partial charge is 0.493 e. The van der Waals surface area contributed by atoms with E-state index in [1.165, 1.54) is 11.3 Å². The third-order valence-corrected chi connectivity index (χ3v) is 6.65. The van der Waals surface area contributed by atoms with Gasteiger partial charge in [-0.2, -0.15) is 0 Å². The zero-order chi connectivity index (χ0) is 24.9. The van der Waals surface area contributed by atoms with Gasteiger partial charge in [-0.3, -0.25) is 9.59 Å². The van der Waals surface area contributed by atoms with E-state index in [1.54, 1.807) is 11.0 Å². The Morgan fingerprint density at radius 2 is 2.03 bits per heavy atom. The Morgan fingerprint density at radius 3 is 2.77 bits per heavy atom. The normalized spacial score (nSPS) is 12.8. The highest BCUT2D eigenvalue weighted by Crippen LogP contribution is 2.31. The predicted octanol–water partition coefficient (Wildman–Crippen LogP) is 2.60. The van der Waals surface area contributed by atoms with E-state index in [2.05, 4.69) is 20.4 Å². The number of anilines is 1. The Hall–Kier alpha value is -3.73. The molecule has 0 bridgehead atoms. The fourth-order valence-electron chi connectivity index (χ4n) is 3.86. The number of thiophene rings is 1. The molecule has 0 saturated carbocycles. The number of aromatic nitrogens is 2. The zero-order valence-electron chi connectivity index (χ0n) is 20.0. The minimum absolute atomic E-state index is 0.0493. The zero-order valence-corrected chi connectivity index (χ0v) is 20.8. The number of fused-ring (bicyclic) bond motifs is 2. The molecule has 0 saturated heterocycles. The Labute approximate surface area is 207 Å². The first-order valence-corrected chi connectivity index (χ1v) is 12.4. The molecule has 3 N–H and O–H groups in total. The smallest absolute Gasteiger partial charge is 0.263 e. The number of amides is 2. The van der Waals surface area contributed by atoms with Crippen molar-refractivity contribution in [2.75, 3.05) is 38.6 Å². The van der Waals surface area contributed by atoms with E-state index in [9.17, 15) is 9.59 Å². The van der Waals surface area contributed by atoms with Crippen LogP contribution in [0.3, 0.4) is 0 Å². The molecule has 1 aliphatic rings. The molecule has 2 amide bonds. The topological polar surface area (TPSA) is 132 Å². The van der Waals surface area contributed by atoms with Crippen LogP contribution in [0.1, 0.15) is 47.3 Å². The third-order valence-electron chi connectivity index (χ3n) is 5.62. The lowest BCUT2D eigenvalue weighted by atomic mass is 10.0. The number of carbonyl (C=O) groups excluding carboxylic acids is 2. The van der Waals surface area contributed by atoms with Crippen molar-refractivity contribution in [3.63, 3.8) is 0 Å². The number of rotatable bonds is 9. The summed E-state index contributed by atoms with van der Waals surface area (Å²) < 4.78 is 5.63. The molecule has 0 unspecified atom stereocenters. The van der Waals surface area contributed by atoms with Gasteiger partial charge < -0.3 is 25.5 Å². The maximum absolute atomic E-state index is 12.5. The van der Waals surface area contributed by atoms with Gasteiger partial charge in [-0.1, -0.05) is 5.16 Å². The van der Waals surface area contributed by atoms with Crippen molar-refractivity contribution < 1.29 is 19.2 Å². The SMILES string of the molecule is CCNC(=O)c1cc2c(C(=NOCC(=O)N(CC)CC)c3ccc4c(c3)CCO4)nc(N)nc2s1. The number of nitrogens with one attached hydrogen (secondary N) is 1. The van der Waals surface area contributed by atoms with Gasteiger partial charge in [-0.05, 0) is 50.6 Å². The average Bonchev–Trinajstić information content (AvgIpc) is 3.49. The molecule has 2 aromatic heterocycles. The van der Waals surface area contributed by atoms with Crippen molar-refractivity contribution in [2.24, 2.45) is 5.16 Å². The van der Waals surface area contributed by atoms with E-state index in [0.717, 1.165) is 23.3 Å². The van der Waals surface area contributed by atoms with Crippen LogP contribution in [-0.2, 0) is 16.1 Å². The summed E-state index contributed by atoms with van der Waals surface area (Å²) >= 11 is 1.23. The number of nitrogens with zero attached hydrogens (tertiary/aromatic N) is 4. The molecule has 184 valence electrons. The number of nitrogen functional groups attached to an aromatic ring is 1. The van der Waals surface area contributed by atoms with E-state index >= 15 is 0 Å². The van der Waals surface area contributed by atoms with Gasteiger partial charge in [-0.25, -0.2) is 9.97 Å². The van der Waals surface area contributed by atoms with E-state index in [4.69, 9.17) is 15.3 Å². The third kappa shape index (κ3) is 5.19. The molecule has 0 atom stereocenters. The fourth-order valence-corrected chi connectivity index (χ4v) is 4.82. The van der Waals surface area contributed by atoms with Crippen LogP contribution in [0, 0.1) is 0 Å². The van der Waals surface area contributed by atoms with Gasteiger partial charge in [-0.15, -0.1) is 11.3 Å². The second kappa shape index (κ2) is 10.7. The number of hydrogen-bond donors (Lipinski definition) is 2. The summed E-state index contributed by atoms with van der Waals surface area (Å²) in [6.07, 6.45) is 0.777. The van der Waals surface area contributed by atoms with E-state index in [-0.39, 0.29) is 24.4 Å². The van der Waals surface area contributed by atoms with Crippen LogP contribution in [-0.4, -0.2) is 65.2 Å². The minimum Gasteiger partial charge on any atom is -0.493 e. The van der Waals surface area contributed by atoms with Gasteiger partial charge in [0.1, 0.15) is 22.0 Å². The van der Waals surface area contributed by atoms with Crippen molar-refractivity contribution in [1.29, 1.82) is 0 Å². The molecule has 4 rings (SSSR count). The summed E-state index contributed by atoms with van der Waals surface area (Å²) in [5.74, 6) is 0.511. The quantitative estimate of drug-likeness (QED) is 0.344. The summed E-state index contributed by atoms with van der Waals surface area (Å²) in [5, 5.41) is 7.77. The van der Waals surface area contributed by atoms with Crippen LogP contribution in [0.2, 0.25) is 0 Å². The van der Waals surface area contributed by atoms with Gasteiger partial charge in [0.25, 0.3) is 11.8 Å². The number of likely N-dealkylation sites (N-methyl/N-ethyl adjacent to an activating group) is 1. The number of oxime groups is 1. The van der Waals surface area contributed by atoms with Gasteiger partial charge in [0, 0.05) is 37.0 Å². The highest BCUT2D eigenvalue weighted by molar-refractivity contribution is 7.20. The standard InChI is InChI=1S/C24H28N6O4S/c1-4-26-22(32)18-12-16-21(27-24(25)28-23(16)35-18)20(29-34-13-19(31)30(5-2)6-3)15-7-8-17-14(11-15)9-10-33-17/h7-8,11-12H,4-6,9-10,13H2,1-3H3,(H,26,32)(H2,25,27,28). The minimum atomic E-state index is -0.212. The lowest BCUT2D eigenvalue weighted by Gasteiger charge is -2.17. The molecule has 0 radical (unpaired) electrons. The Morgan fingerprint density at radius 1 is 1.23 bits per heavy atom. The molecule has 11 heteroatoms. The summed E-state index contributed by atoms with van der Waals surface area (Å²) in [7, 11) is 0. The molecular weight excluding hydrogens is 468 g/mol. The number of benzene rings is 1. The number of nitrogens with two attached hydrogens (primary N) is 1. The molecule has 35 heavy (non-hydrogen) atoms. The summed E-state index contributed by atoms with van der Waals surface area (Å²) in [5.41, 5.74) is 8.63.